The third kappa shape index (κ3) is 6.30. The summed E-state index contributed by atoms with van der Waals surface area (Å²) in [5.74, 6) is -2.84. The van der Waals surface area contributed by atoms with E-state index in [4.69, 9.17) is 9.84 Å². The Morgan fingerprint density at radius 3 is 2.46 bits per heavy atom. The van der Waals surface area contributed by atoms with Gasteiger partial charge in [0.1, 0.15) is 5.82 Å². The lowest BCUT2D eigenvalue weighted by Crippen LogP contribution is -2.38. The molecule has 0 radical (unpaired) electrons. The molecular weight excluding hydrogens is 478 g/mol. The van der Waals surface area contributed by atoms with Crippen LogP contribution in [0.4, 0.5) is 8.78 Å². The molecule has 10 heteroatoms. The highest BCUT2D eigenvalue weighted by molar-refractivity contribution is 8.01. The number of halogens is 2. The molecule has 0 saturated heterocycles. The molecule has 0 aromatic heterocycles. The largest absolute Gasteiger partial charge is 0.487 e. The number of fused-ring (bicyclic) bond motifs is 1. The van der Waals surface area contributed by atoms with Crippen molar-refractivity contribution < 1.29 is 33.0 Å². The lowest BCUT2D eigenvalue weighted by Gasteiger charge is -2.27. The van der Waals surface area contributed by atoms with Crippen molar-refractivity contribution >= 4 is 29.5 Å². The quantitative estimate of drug-likeness (QED) is 0.475. The minimum Gasteiger partial charge on any atom is -0.487 e. The van der Waals surface area contributed by atoms with Crippen molar-refractivity contribution in [3.8, 4) is 5.75 Å². The summed E-state index contributed by atoms with van der Waals surface area (Å²) < 4.78 is 33.5. The van der Waals surface area contributed by atoms with Gasteiger partial charge in [-0.05, 0) is 68.0 Å². The first-order valence-electron chi connectivity index (χ1n) is 11.5. The average molecular weight is 505 g/mol. The molecule has 1 saturated carbocycles. The molecule has 7 nitrogen and oxygen atoms in total. The summed E-state index contributed by atoms with van der Waals surface area (Å²) in [5.41, 5.74) is 1.06. The molecule has 0 bridgehead atoms. The van der Waals surface area contributed by atoms with E-state index >= 15 is 0 Å². The van der Waals surface area contributed by atoms with Crippen molar-refractivity contribution in [1.29, 1.82) is 0 Å². The van der Waals surface area contributed by atoms with Crippen LogP contribution in [0.3, 0.4) is 0 Å². The van der Waals surface area contributed by atoms with Crippen molar-refractivity contribution in [2.75, 3.05) is 13.1 Å². The maximum absolute atomic E-state index is 14.5. The predicted octanol–water partition coefficient (Wildman–Crippen LogP) is 3.55. The van der Waals surface area contributed by atoms with E-state index in [1.54, 1.807) is 6.07 Å². The van der Waals surface area contributed by atoms with E-state index in [1.807, 2.05) is 0 Å². The number of ether oxygens (including phenoxy) is 1. The monoisotopic (exact) mass is 504 g/mol. The molecule has 35 heavy (non-hydrogen) atoms. The number of hydrogen-bond acceptors (Lipinski definition) is 5. The molecule has 1 aliphatic carbocycles. The van der Waals surface area contributed by atoms with Gasteiger partial charge in [-0.2, -0.15) is 0 Å². The molecule has 1 heterocycles. The Balaban J connectivity index is 1.19. The summed E-state index contributed by atoms with van der Waals surface area (Å²) >= 11 is 1.32. The maximum atomic E-state index is 14.5. The van der Waals surface area contributed by atoms with E-state index < -0.39 is 17.7 Å². The maximum Gasteiger partial charge on any atom is 0.306 e. The van der Waals surface area contributed by atoms with E-state index in [2.05, 4.69) is 10.6 Å². The van der Waals surface area contributed by atoms with Crippen LogP contribution >= 0.6 is 11.8 Å². The van der Waals surface area contributed by atoms with E-state index in [0.717, 1.165) is 16.5 Å². The molecule has 186 valence electrons. The number of carboxylic acid groups (broad SMARTS) is 1. The molecule has 3 N–H and O–H groups in total. The highest BCUT2D eigenvalue weighted by Gasteiger charge is 2.29. The van der Waals surface area contributed by atoms with Crippen LogP contribution in [0, 0.1) is 17.6 Å². The zero-order valence-electron chi connectivity index (χ0n) is 18.9. The Morgan fingerprint density at radius 2 is 1.74 bits per heavy atom. The van der Waals surface area contributed by atoms with Gasteiger partial charge in [-0.3, -0.25) is 14.4 Å². The van der Waals surface area contributed by atoms with E-state index in [-0.39, 0.29) is 53.4 Å². The molecule has 1 aliphatic heterocycles. The summed E-state index contributed by atoms with van der Waals surface area (Å²) in [6.45, 7) is 0.366. The second-order valence-electron chi connectivity index (χ2n) is 8.68. The molecule has 2 aromatic carbocycles. The van der Waals surface area contributed by atoms with Gasteiger partial charge in [0, 0.05) is 23.5 Å². The number of carbonyl (C=O) groups excluding carboxylic acids is 2. The molecular formula is C25H26F2N2O5S. The number of thioether (sulfide) groups is 1. The van der Waals surface area contributed by atoms with Crippen molar-refractivity contribution in [1.82, 2.24) is 10.6 Å². The molecule has 2 aliphatic rings. The Bertz CT molecular complexity index is 1120. The van der Waals surface area contributed by atoms with E-state index in [1.165, 1.54) is 36.0 Å². The minimum absolute atomic E-state index is 0.0301. The van der Waals surface area contributed by atoms with E-state index in [0.29, 0.717) is 32.1 Å². The van der Waals surface area contributed by atoms with Crippen molar-refractivity contribution in [3.63, 3.8) is 0 Å². The number of aliphatic carboxylic acids is 1. The molecule has 0 spiro atoms. The summed E-state index contributed by atoms with van der Waals surface area (Å²) in [4.78, 5) is 36.5. The van der Waals surface area contributed by atoms with Crippen LogP contribution in [0.25, 0.3) is 0 Å². The van der Waals surface area contributed by atoms with Gasteiger partial charge in [-0.25, -0.2) is 8.78 Å². The molecule has 2 amide bonds. The molecule has 2 aromatic rings. The molecule has 4 rings (SSSR count). The van der Waals surface area contributed by atoms with Gasteiger partial charge >= 0.3 is 5.97 Å². The number of benzene rings is 2. The van der Waals surface area contributed by atoms with Gasteiger partial charge in [0.05, 0.1) is 17.3 Å². The van der Waals surface area contributed by atoms with Crippen molar-refractivity contribution in [3.05, 3.63) is 59.2 Å². The predicted molar refractivity (Wildman–Crippen MR) is 126 cm³/mol. The lowest BCUT2D eigenvalue weighted by molar-refractivity contribution is -0.143. The Labute approximate surface area is 205 Å². The zero-order valence-corrected chi connectivity index (χ0v) is 19.7. The second-order valence-corrected chi connectivity index (χ2v) is 9.93. The molecule has 1 unspecified atom stereocenters. The SMILES string of the molecule is O=C(NCCNC(=O)C1Cc2ccc(F)cc2S1)c1ccc(OC2CCC(C(=O)O)CC2)c(F)c1. The highest BCUT2D eigenvalue weighted by Crippen LogP contribution is 2.37. The minimum atomic E-state index is -0.816. The number of carboxylic acids is 1. The van der Waals surface area contributed by atoms with Gasteiger partial charge in [0.25, 0.3) is 5.91 Å². The number of carbonyl (C=O) groups is 3. The normalized spacial score (nSPS) is 21.1. The number of amides is 2. The lowest BCUT2D eigenvalue weighted by atomic mass is 9.87. The van der Waals surface area contributed by atoms with Crippen LogP contribution in [0.15, 0.2) is 41.3 Å². The summed E-state index contributed by atoms with van der Waals surface area (Å²) in [7, 11) is 0. The van der Waals surface area contributed by atoms with Crippen LogP contribution in [0.1, 0.15) is 41.6 Å². The smallest absolute Gasteiger partial charge is 0.306 e. The van der Waals surface area contributed by atoms with E-state index in [9.17, 15) is 23.2 Å². The first kappa shape index (κ1) is 25.0. The van der Waals surface area contributed by atoms with Crippen LogP contribution in [0.5, 0.6) is 5.75 Å². The number of rotatable bonds is 8. The Hall–Kier alpha value is -3.14. The van der Waals surface area contributed by atoms with Crippen molar-refractivity contribution in [2.45, 2.75) is 48.4 Å². The average Bonchev–Trinajstić information content (AvgIpc) is 3.26. The number of nitrogens with one attached hydrogen (secondary N) is 2. The standard InChI is InChI=1S/C25H26F2N2O5S/c26-17-5-1-15-12-22(35-21(15)13-17)24(31)29-10-9-28-23(30)16-4-8-20(19(27)11-16)34-18-6-2-14(3-7-18)25(32)33/h1,4-5,8,11,13-14,18,22H,2-3,6-7,9-10,12H2,(H,28,30)(H,29,31)(H,32,33). The Morgan fingerprint density at radius 1 is 1.00 bits per heavy atom. The van der Waals surface area contributed by atoms with Crippen LogP contribution in [-0.2, 0) is 16.0 Å². The fourth-order valence-electron chi connectivity index (χ4n) is 4.27. The third-order valence-electron chi connectivity index (χ3n) is 6.22. The fraction of sp³-hybridized carbons (Fsp3) is 0.400. The van der Waals surface area contributed by atoms with Gasteiger partial charge in [0.2, 0.25) is 5.91 Å². The van der Waals surface area contributed by atoms with Crippen LogP contribution in [-0.4, -0.2) is 47.3 Å². The first-order valence-corrected chi connectivity index (χ1v) is 12.4. The number of hydrogen-bond donors (Lipinski definition) is 3. The summed E-state index contributed by atoms with van der Waals surface area (Å²) in [5, 5.41) is 14.1. The fourth-order valence-corrected chi connectivity index (χ4v) is 5.51. The van der Waals surface area contributed by atoms with Gasteiger partial charge in [0.15, 0.2) is 11.6 Å². The Kier molecular flexibility index (Phi) is 7.90. The van der Waals surface area contributed by atoms with Gasteiger partial charge < -0.3 is 20.5 Å². The van der Waals surface area contributed by atoms with Crippen molar-refractivity contribution in [2.24, 2.45) is 5.92 Å². The zero-order chi connectivity index (χ0) is 24.9. The highest BCUT2D eigenvalue weighted by atomic mass is 32.2. The molecule has 1 atom stereocenters. The van der Waals surface area contributed by atoms with Gasteiger partial charge in [-0.15, -0.1) is 11.8 Å². The van der Waals surface area contributed by atoms with Crippen LogP contribution < -0.4 is 15.4 Å². The topological polar surface area (TPSA) is 105 Å². The summed E-state index contributed by atoms with van der Waals surface area (Å²) in [6.07, 6.45) is 2.31. The summed E-state index contributed by atoms with van der Waals surface area (Å²) in [6, 6.07) is 8.44. The molecule has 1 fully saturated rings. The van der Waals surface area contributed by atoms with Gasteiger partial charge in [-0.1, -0.05) is 6.07 Å². The third-order valence-corrected chi connectivity index (χ3v) is 7.52. The first-order chi connectivity index (χ1) is 16.8. The van der Waals surface area contributed by atoms with Crippen LogP contribution in [0.2, 0.25) is 0 Å². The second kappa shape index (κ2) is 11.1.